The van der Waals surface area contributed by atoms with E-state index >= 15 is 0 Å². The molecule has 0 saturated heterocycles. The molecule has 1 saturated carbocycles. The molecular formula is C34H42ClN3O4S. The number of anilines is 1. The Labute approximate surface area is 261 Å². The first-order chi connectivity index (χ1) is 20.6. The Bertz CT molecular complexity index is 1480. The fourth-order valence-electron chi connectivity index (χ4n) is 5.73. The summed E-state index contributed by atoms with van der Waals surface area (Å²) in [5, 5.41) is 3.77. The quantitative estimate of drug-likeness (QED) is 0.243. The third kappa shape index (κ3) is 9.31. The predicted molar refractivity (Wildman–Crippen MR) is 174 cm³/mol. The highest BCUT2D eigenvalue weighted by atomic mass is 35.5. The third-order valence-electron chi connectivity index (χ3n) is 8.06. The molecule has 0 aromatic heterocycles. The van der Waals surface area contributed by atoms with Crippen molar-refractivity contribution in [3.05, 3.63) is 101 Å². The van der Waals surface area contributed by atoms with Gasteiger partial charge in [0.25, 0.3) is 0 Å². The van der Waals surface area contributed by atoms with Gasteiger partial charge in [-0.05, 0) is 55.0 Å². The molecule has 2 amide bonds. The maximum Gasteiger partial charge on any atom is 0.243 e. The fraction of sp³-hybridized carbons (Fsp3) is 0.412. The van der Waals surface area contributed by atoms with Crippen LogP contribution in [0.5, 0.6) is 0 Å². The lowest BCUT2D eigenvalue weighted by atomic mass is 9.94. The number of halogens is 1. The number of rotatable bonds is 13. The minimum absolute atomic E-state index is 0.0738. The summed E-state index contributed by atoms with van der Waals surface area (Å²) >= 11 is 6.54. The van der Waals surface area contributed by atoms with E-state index < -0.39 is 16.1 Å². The number of hydrogen-bond donors (Lipinski definition) is 1. The maximum absolute atomic E-state index is 14.1. The van der Waals surface area contributed by atoms with Gasteiger partial charge in [-0.3, -0.25) is 13.9 Å². The molecule has 0 spiro atoms. The van der Waals surface area contributed by atoms with Crippen molar-refractivity contribution in [1.82, 2.24) is 10.2 Å². The number of hydrogen-bond acceptors (Lipinski definition) is 4. The van der Waals surface area contributed by atoms with Crippen molar-refractivity contribution in [2.45, 2.75) is 76.9 Å². The molecule has 4 rings (SSSR count). The minimum Gasteiger partial charge on any atom is -0.352 e. The van der Waals surface area contributed by atoms with Crippen molar-refractivity contribution in [3.8, 4) is 0 Å². The minimum atomic E-state index is -3.57. The monoisotopic (exact) mass is 623 g/mol. The van der Waals surface area contributed by atoms with Crippen LogP contribution in [-0.2, 0) is 32.6 Å². The maximum atomic E-state index is 14.1. The molecule has 0 heterocycles. The Hall–Kier alpha value is -3.36. The second kappa shape index (κ2) is 15.4. The van der Waals surface area contributed by atoms with Crippen LogP contribution in [0.1, 0.15) is 61.6 Å². The Balaban J connectivity index is 1.60. The van der Waals surface area contributed by atoms with E-state index in [9.17, 15) is 18.0 Å². The summed E-state index contributed by atoms with van der Waals surface area (Å²) in [6.45, 7) is 2.18. The Kier molecular flexibility index (Phi) is 11.7. The summed E-state index contributed by atoms with van der Waals surface area (Å²) in [6, 6.07) is 23.7. The summed E-state index contributed by atoms with van der Waals surface area (Å²) in [6.07, 6.45) is 7.09. The molecule has 0 radical (unpaired) electrons. The first-order valence-electron chi connectivity index (χ1n) is 15.0. The van der Waals surface area contributed by atoms with Crippen LogP contribution in [0.4, 0.5) is 5.69 Å². The van der Waals surface area contributed by atoms with Crippen molar-refractivity contribution in [1.29, 1.82) is 0 Å². The molecule has 230 valence electrons. The highest BCUT2D eigenvalue weighted by molar-refractivity contribution is 7.92. The average Bonchev–Trinajstić information content (AvgIpc) is 2.99. The summed E-state index contributed by atoms with van der Waals surface area (Å²) in [7, 11) is -3.57. The van der Waals surface area contributed by atoms with Gasteiger partial charge in [0.1, 0.15) is 6.04 Å². The van der Waals surface area contributed by atoms with Crippen LogP contribution in [-0.4, -0.2) is 50.0 Å². The van der Waals surface area contributed by atoms with E-state index in [0.29, 0.717) is 23.6 Å². The highest BCUT2D eigenvalue weighted by Crippen LogP contribution is 2.25. The number of benzene rings is 3. The molecule has 0 aliphatic heterocycles. The molecule has 43 heavy (non-hydrogen) atoms. The standard InChI is InChI=1S/C34H42ClN3O4S/c1-26-14-9-12-21-31(26)38(43(2,41)42)23-13-22-33(39)37(25-28-17-10-11-20-30(28)35)32(24-27-15-5-3-6-16-27)34(40)36-29-18-7-4-8-19-29/h3,5-6,9-12,14-17,20-21,29,32H,4,7-8,13,18-19,22-25H2,1-2H3,(H,36,40)/t32-/m0/s1. The zero-order chi connectivity index (χ0) is 30.8. The van der Waals surface area contributed by atoms with E-state index in [-0.39, 0.29) is 37.4 Å². The number of nitrogens with one attached hydrogen (secondary N) is 1. The van der Waals surface area contributed by atoms with E-state index in [1.807, 2.05) is 67.6 Å². The van der Waals surface area contributed by atoms with Crippen LogP contribution in [0.25, 0.3) is 0 Å². The van der Waals surface area contributed by atoms with E-state index in [4.69, 9.17) is 11.6 Å². The zero-order valence-electron chi connectivity index (χ0n) is 25.0. The molecular weight excluding hydrogens is 582 g/mol. The Morgan fingerprint density at radius 3 is 2.26 bits per heavy atom. The van der Waals surface area contributed by atoms with Gasteiger partial charge < -0.3 is 10.2 Å². The van der Waals surface area contributed by atoms with Crippen molar-refractivity contribution in [2.24, 2.45) is 0 Å². The van der Waals surface area contributed by atoms with E-state index in [2.05, 4.69) is 5.32 Å². The van der Waals surface area contributed by atoms with Gasteiger partial charge in [0, 0.05) is 37.0 Å². The molecule has 7 nitrogen and oxygen atoms in total. The lowest BCUT2D eigenvalue weighted by Gasteiger charge is -2.34. The van der Waals surface area contributed by atoms with Gasteiger partial charge in [0.15, 0.2) is 0 Å². The average molecular weight is 624 g/mol. The number of para-hydroxylation sites is 1. The van der Waals surface area contributed by atoms with Crippen molar-refractivity contribution in [2.75, 3.05) is 17.1 Å². The Morgan fingerprint density at radius 1 is 0.930 bits per heavy atom. The zero-order valence-corrected chi connectivity index (χ0v) is 26.6. The molecule has 9 heteroatoms. The van der Waals surface area contributed by atoms with Crippen LogP contribution in [0.15, 0.2) is 78.9 Å². The molecule has 3 aromatic carbocycles. The molecule has 0 bridgehead atoms. The lowest BCUT2D eigenvalue weighted by Crippen LogP contribution is -2.53. The molecule has 0 unspecified atom stereocenters. The van der Waals surface area contributed by atoms with Crippen LogP contribution in [0.2, 0.25) is 5.02 Å². The van der Waals surface area contributed by atoms with Gasteiger partial charge in [-0.2, -0.15) is 0 Å². The SMILES string of the molecule is Cc1ccccc1N(CCCC(=O)N(Cc1ccccc1Cl)[C@@H](Cc1ccccc1)C(=O)NC1CCCCC1)S(C)(=O)=O. The number of carbonyl (C=O) groups is 2. The second-order valence-corrected chi connectivity index (χ2v) is 13.7. The van der Waals surface area contributed by atoms with E-state index in [1.165, 1.54) is 17.0 Å². The van der Waals surface area contributed by atoms with Gasteiger partial charge in [0.05, 0.1) is 11.9 Å². The van der Waals surface area contributed by atoms with E-state index in [1.54, 1.807) is 23.1 Å². The molecule has 1 atom stereocenters. The fourth-order valence-corrected chi connectivity index (χ4v) is 6.95. The van der Waals surface area contributed by atoms with Gasteiger partial charge in [0.2, 0.25) is 21.8 Å². The lowest BCUT2D eigenvalue weighted by molar-refractivity contribution is -0.141. The topological polar surface area (TPSA) is 86.8 Å². The normalized spacial score (nSPS) is 14.6. The summed E-state index contributed by atoms with van der Waals surface area (Å²) < 4.78 is 26.8. The number of sulfonamides is 1. The molecule has 1 N–H and O–H groups in total. The van der Waals surface area contributed by atoms with Crippen LogP contribution in [0.3, 0.4) is 0 Å². The van der Waals surface area contributed by atoms with Gasteiger partial charge >= 0.3 is 0 Å². The van der Waals surface area contributed by atoms with Gasteiger partial charge in [-0.15, -0.1) is 0 Å². The molecule has 3 aromatic rings. The number of nitrogens with zero attached hydrogens (tertiary/aromatic N) is 2. The molecule has 1 aliphatic rings. The largest absolute Gasteiger partial charge is 0.352 e. The first kappa shape index (κ1) is 32.6. The van der Waals surface area contributed by atoms with E-state index in [0.717, 1.165) is 42.4 Å². The van der Waals surface area contributed by atoms with Gasteiger partial charge in [-0.1, -0.05) is 97.6 Å². The van der Waals surface area contributed by atoms with Crippen LogP contribution < -0.4 is 9.62 Å². The smallest absolute Gasteiger partial charge is 0.243 e. The predicted octanol–water partition coefficient (Wildman–Crippen LogP) is 6.28. The number of carbonyl (C=O) groups excluding carboxylic acids is 2. The van der Waals surface area contributed by atoms with Gasteiger partial charge in [-0.25, -0.2) is 8.42 Å². The second-order valence-electron chi connectivity index (χ2n) is 11.4. The highest BCUT2D eigenvalue weighted by Gasteiger charge is 2.32. The van der Waals surface area contributed by atoms with Crippen LogP contribution >= 0.6 is 11.6 Å². The third-order valence-corrected chi connectivity index (χ3v) is 9.61. The van der Waals surface area contributed by atoms with Crippen LogP contribution in [0, 0.1) is 6.92 Å². The number of amides is 2. The van der Waals surface area contributed by atoms with Crippen molar-refractivity contribution >= 4 is 39.1 Å². The summed E-state index contributed by atoms with van der Waals surface area (Å²) in [5.74, 6) is -0.397. The molecule has 1 fully saturated rings. The molecule has 1 aliphatic carbocycles. The summed E-state index contributed by atoms with van der Waals surface area (Å²) in [4.78, 5) is 29.6. The van der Waals surface area contributed by atoms with Crippen molar-refractivity contribution in [3.63, 3.8) is 0 Å². The first-order valence-corrected chi connectivity index (χ1v) is 17.3. The Morgan fingerprint density at radius 2 is 1.58 bits per heavy atom. The van der Waals surface area contributed by atoms with Crippen molar-refractivity contribution < 1.29 is 18.0 Å². The number of aryl methyl sites for hydroxylation is 1. The summed E-state index contributed by atoms with van der Waals surface area (Å²) in [5.41, 5.74) is 3.13.